The molecule has 8 nitrogen and oxygen atoms in total. The number of nitrogens with one attached hydrogen (secondary N) is 1. The molecule has 4 heterocycles. The van der Waals surface area contributed by atoms with Gasteiger partial charge in [0.15, 0.2) is 5.65 Å². The SMILES string of the molecule is Cc1nc2c(cnn2C(C)C)cc1C(=O)NCCc1nnc2n1CCCCC2. The lowest BCUT2D eigenvalue weighted by Crippen LogP contribution is -2.27. The Hall–Kier alpha value is -2.77. The average Bonchev–Trinajstić information content (AvgIpc) is 3.17. The van der Waals surface area contributed by atoms with Gasteiger partial charge in [-0.1, -0.05) is 6.42 Å². The molecule has 0 saturated carbocycles. The maximum atomic E-state index is 12.7. The van der Waals surface area contributed by atoms with Crippen molar-refractivity contribution in [3.05, 3.63) is 35.2 Å². The van der Waals surface area contributed by atoms with Crippen LogP contribution in [0.3, 0.4) is 0 Å². The molecule has 28 heavy (non-hydrogen) atoms. The van der Waals surface area contributed by atoms with Crippen molar-refractivity contribution in [3.8, 4) is 0 Å². The Morgan fingerprint density at radius 2 is 2.11 bits per heavy atom. The summed E-state index contributed by atoms with van der Waals surface area (Å²) in [6.07, 6.45) is 7.02. The third-order valence-corrected chi connectivity index (χ3v) is 5.31. The van der Waals surface area contributed by atoms with Crippen LogP contribution < -0.4 is 5.32 Å². The number of amides is 1. The van der Waals surface area contributed by atoms with Gasteiger partial charge in [-0.25, -0.2) is 9.67 Å². The van der Waals surface area contributed by atoms with Crippen molar-refractivity contribution in [1.29, 1.82) is 0 Å². The predicted octanol–water partition coefficient (Wildman–Crippen LogP) is 2.61. The van der Waals surface area contributed by atoms with Crippen molar-refractivity contribution >= 4 is 16.9 Å². The number of pyridine rings is 1. The number of nitrogens with zero attached hydrogens (tertiary/aromatic N) is 6. The molecule has 3 aromatic rings. The van der Waals surface area contributed by atoms with Gasteiger partial charge in [-0.15, -0.1) is 10.2 Å². The Bertz CT molecular complexity index is 1000. The normalized spacial score (nSPS) is 14.3. The molecule has 3 aromatic heterocycles. The maximum Gasteiger partial charge on any atom is 0.253 e. The number of hydrogen-bond acceptors (Lipinski definition) is 5. The van der Waals surface area contributed by atoms with Crippen LogP contribution in [0.4, 0.5) is 0 Å². The molecule has 0 saturated heterocycles. The Kier molecular flexibility index (Phi) is 5.11. The molecule has 0 fully saturated rings. The highest BCUT2D eigenvalue weighted by molar-refractivity contribution is 5.98. The first-order valence-electron chi connectivity index (χ1n) is 10.1. The van der Waals surface area contributed by atoms with Crippen LogP contribution in [0, 0.1) is 6.92 Å². The van der Waals surface area contributed by atoms with Gasteiger partial charge < -0.3 is 9.88 Å². The van der Waals surface area contributed by atoms with E-state index in [9.17, 15) is 4.79 Å². The van der Waals surface area contributed by atoms with E-state index in [-0.39, 0.29) is 11.9 Å². The van der Waals surface area contributed by atoms with Crippen molar-refractivity contribution in [2.75, 3.05) is 6.54 Å². The summed E-state index contributed by atoms with van der Waals surface area (Å²) in [7, 11) is 0. The quantitative estimate of drug-likeness (QED) is 0.734. The van der Waals surface area contributed by atoms with E-state index < -0.39 is 0 Å². The Morgan fingerprint density at radius 3 is 2.93 bits per heavy atom. The summed E-state index contributed by atoms with van der Waals surface area (Å²) in [4.78, 5) is 17.3. The number of carbonyl (C=O) groups excluding carboxylic acids is 1. The van der Waals surface area contributed by atoms with Crippen molar-refractivity contribution in [2.45, 2.75) is 65.5 Å². The van der Waals surface area contributed by atoms with Crippen LogP contribution in [0.15, 0.2) is 12.3 Å². The molecule has 1 aliphatic rings. The minimum atomic E-state index is -0.111. The van der Waals surface area contributed by atoms with Gasteiger partial charge in [-0.2, -0.15) is 5.10 Å². The molecule has 0 bridgehead atoms. The van der Waals surface area contributed by atoms with Gasteiger partial charge in [0, 0.05) is 37.4 Å². The Balaban J connectivity index is 1.44. The third kappa shape index (κ3) is 3.50. The van der Waals surface area contributed by atoms with Crippen molar-refractivity contribution in [1.82, 2.24) is 34.8 Å². The van der Waals surface area contributed by atoms with Gasteiger partial charge in [0.1, 0.15) is 11.6 Å². The van der Waals surface area contributed by atoms with E-state index in [1.807, 2.05) is 17.7 Å². The van der Waals surface area contributed by atoms with E-state index in [1.165, 1.54) is 19.3 Å². The molecule has 1 N–H and O–H groups in total. The molecular weight excluding hydrogens is 354 g/mol. The van der Waals surface area contributed by atoms with Crippen LogP contribution in [0.1, 0.15) is 66.9 Å². The van der Waals surface area contributed by atoms with E-state index in [2.05, 4.69) is 44.0 Å². The third-order valence-electron chi connectivity index (χ3n) is 5.31. The molecule has 148 valence electrons. The first kappa shape index (κ1) is 18.6. The predicted molar refractivity (Wildman–Crippen MR) is 106 cm³/mol. The van der Waals surface area contributed by atoms with Gasteiger partial charge in [-0.05, 0) is 39.7 Å². The fourth-order valence-corrected chi connectivity index (χ4v) is 3.79. The number of rotatable bonds is 5. The molecule has 8 heteroatoms. The fraction of sp³-hybridized carbons (Fsp3) is 0.550. The van der Waals surface area contributed by atoms with E-state index in [4.69, 9.17) is 0 Å². The summed E-state index contributed by atoms with van der Waals surface area (Å²) < 4.78 is 4.10. The summed E-state index contributed by atoms with van der Waals surface area (Å²) in [6.45, 7) is 7.50. The molecule has 4 rings (SSSR count). The second-order valence-electron chi connectivity index (χ2n) is 7.72. The van der Waals surface area contributed by atoms with Gasteiger partial charge in [0.2, 0.25) is 0 Å². The summed E-state index contributed by atoms with van der Waals surface area (Å²) in [5.74, 6) is 1.92. The molecular formula is C20H27N7O. The zero-order valence-corrected chi connectivity index (χ0v) is 16.8. The highest BCUT2D eigenvalue weighted by Gasteiger charge is 2.17. The zero-order chi connectivity index (χ0) is 19.7. The van der Waals surface area contributed by atoms with Crippen molar-refractivity contribution in [3.63, 3.8) is 0 Å². The van der Waals surface area contributed by atoms with Crippen LogP contribution in [-0.4, -0.2) is 42.0 Å². The van der Waals surface area contributed by atoms with Gasteiger partial charge in [0.05, 0.1) is 17.5 Å². The molecule has 1 aliphatic heterocycles. The molecule has 0 unspecified atom stereocenters. The molecule has 0 aliphatic carbocycles. The number of fused-ring (bicyclic) bond motifs is 2. The number of carbonyl (C=O) groups is 1. The van der Waals surface area contributed by atoms with E-state index >= 15 is 0 Å². The molecule has 1 amide bonds. The number of aromatic nitrogens is 6. The topological polar surface area (TPSA) is 90.5 Å². The standard InChI is InChI=1S/C20H27N7O/c1-13(2)27-19-15(12-22-27)11-16(14(3)23-19)20(28)21-9-8-18-25-24-17-7-5-4-6-10-26(17)18/h11-13H,4-10H2,1-3H3,(H,21,28). The van der Waals surface area contributed by atoms with Crippen LogP contribution in [0.5, 0.6) is 0 Å². The lowest BCUT2D eigenvalue weighted by atomic mass is 10.1. The first-order chi connectivity index (χ1) is 13.5. The second-order valence-corrected chi connectivity index (χ2v) is 7.72. The minimum absolute atomic E-state index is 0.111. The summed E-state index contributed by atoms with van der Waals surface area (Å²) in [5, 5.41) is 16.9. The largest absolute Gasteiger partial charge is 0.352 e. The highest BCUT2D eigenvalue weighted by Crippen LogP contribution is 2.19. The summed E-state index contributed by atoms with van der Waals surface area (Å²) in [6, 6.07) is 2.10. The van der Waals surface area contributed by atoms with Gasteiger partial charge in [0.25, 0.3) is 5.91 Å². The molecule has 0 spiro atoms. The molecule has 0 atom stereocenters. The van der Waals surface area contributed by atoms with Gasteiger partial charge >= 0.3 is 0 Å². The van der Waals surface area contributed by atoms with E-state index in [0.29, 0.717) is 24.2 Å². The first-order valence-corrected chi connectivity index (χ1v) is 10.1. The summed E-state index contributed by atoms with van der Waals surface area (Å²) in [5.41, 5.74) is 2.12. The second kappa shape index (κ2) is 7.69. The highest BCUT2D eigenvalue weighted by atomic mass is 16.1. The van der Waals surface area contributed by atoms with E-state index in [0.717, 1.165) is 35.6 Å². The van der Waals surface area contributed by atoms with Crippen molar-refractivity contribution < 1.29 is 4.79 Å². The Morgan fingerprint density at radius 1 is 1.25 bits per heavy atom. The minimum Gasteiger partial charge on any atom is -0.352 e. The molecule has 0 aromatic carbocycles. The van der Waals surface area contributed by atoms with Crippen molar-refractivity contribution in [2.24, 2.45) is 0 Å². The Labute approximate surface area is 164 Å². The van der Waals surface area contributed by atoms with Gasteiger partial charge in [-0.3, -0.25) is 4.79 Å². The van der Waals surface area contributed by atoms with E-state index in [1.54, 1.807) is 6.20 Å². The molecule has 0 radical (unpaired) electrons. The van der Waals surface area contributed by atoms with Crippen LogP contribution in [0.2, 0.25) is 0 Å². The fourth-order valence-electron chi connectivity index (χ4n) is 3.79. The van der Waals surface area contributed by atoms with Crippen LogP contribution in [0.25, 0.3) is 11.0 Å². The van der Waals surface area contributed by atoms with Crippen LogP contribution in [-0.2, 0) is 19.4 Å². The van der Waals surface area contributed by atoms with Crippen LogP contribution >= 0.6 is 0 Å². The zero-order valence-electron chi connectivity index (χ0n) is 16.8. The lowest BCUT2D eigenvalue weighted by Gasteiger charge is -2.10. The monoisotopic (exact) mass is 381 g/mol. The average molecular weight is 381 g/mol. The maximum absolute atomic E-state index is 12.7. The summed E-state index contributed by atoms with van der Waals surface area (Å²) >= 11 is 0. The number of aryl methyl sites for hydroxylation is 2. The lowest BCUT2D eigenvalue weighted by molar-refractivity contribution is 0.0953. The number of hydrogen-bond donors (Lipinski definition) is 1. The smallest absolute Gasteiger partial charge is 0.253 e.